The van der Waals surface area contributed by atoms with Gasteiger partial charge in [-0.2, -0.15) is 0 Å². The lowest BCUT2D eigenvalue weighted by Crippen LogP contribution is -2.18. The molecule has 140 valence electrons. The maximum atomic E-state index is 12.0. The van der Waals surface area contributed by atoms with Gasteiger partial charge in [0.05, 0.1) is 13.2 Å². The second kappa shape index (κ2) is 12.8. The zero-order valence-electron chi connectivity index (χ0n) is 16.0. The van der Waals surface area contributed by atoms with Gasteiger partial charge >= 0.3 is 11.9 Å². The summed E-state index contributed by atoms with van der Waals surface area (Å²) in [7, 11) is 0. The van der Waals surface area contributed by atoms with Crippen molar-refractivity contribution in [3.63, 3.8) is 0 Å². The molecule has 0 fully saturated rings. The number of ether oxygens (including phenoxy) is 2. The molecule has 0 unspecified atom stereocenters. The maximum absolute atomic E-state index is 12.0. The quantitative estimate of drug-likeness (QED) is 0.163. The van der Waals surface area contributed by atoms with E-state index in [2.05, 4.69) is 18.8 Å². The Kier molecular flexibility index (Phi) is 10.6. The summed E-state index contributed by atoms with van der Waals surface area (Å²) < 4.78 is 9.86. The molecule has 0 N–H and O–H groups in total. The van der Waals surface area contributed by atoms with Crippen molar-refractivity contribution >= 4 is 18.0 Å². The predicted octanol–water partition coefficient (Wildman–Crippen LogP) is 4.52. The van der Waals surface area contributed by atoms with Crippen LogP contribution in [0.25, 0.3) is 6.08 Å². The first-order valence-corrected chi connectivity index (χ1v) is 9.27. The molecule has 4 heteroatoms. The summed E-state index contributed by atoms with van der Waals surface area (Å²) in [6.07, 6.45) is 7.22. The lowest BCUT2D eigenvalue weighted by Gasteiger charge is -2.06. The lowest BCUT2D eigenvalue weighted by atomic mass is 10.1. The molecule has 0 aliphatic heterocycles. The third kappa shape index (κ3) is 8.02. The fourth-order valence-electron chi connectivity index (χ4n) is 2.25. The average Bonchev–Trinajstić information content (AvgIpc) is 2.64. The van der Waals surface area contributed by atoms with Crippen molar-refractivity contribution < 1.29 is 19.1 Å². The minimum absolute atomic E-state index is 0.108. The van der Waals surface area contributed by atoms with Crippen LogP contribution in [-0.4, -0.2) is 25.2 Å². The number of carbonyl (C=O) groups excluding carboxylic acids is 2. The number of hydrogen-bond donors (Lipinski definition) is 0. The SMILES string of the molecule is CCCCCCC#Cc1ccc(C=C(C(=O)OCC)C(=O)OCC)cc1. The van der Waals surface area contributed by atoms with Gasteiger partial charge in [0, 0.05) is 12.0 Å². The number of rotatable bonds is 9. The highest BCUT2D eigenvalue weighted by Gasteiger charge is 2.20. The molecule has 0 radical (unpaired) electrons. The second-order valence-corrected chi connectivity index (χ2v) is 5.73. The summed E-state index contributed by atoms with van der Waals surface area (Å²) in [6, 6.07) is 7.39. The van der Waals surface area contributed by atoms with E-state index in [0.29, 0.717) is 0 Å². The molecule has 0 saturated heterocycles. The monoisotopic (exact) mass is 356 g/mol. The van der Waals surface area contributed by atoms with E-state index >= 15 is 0 Å². The summed E-state index contributed by atoms with van der Waals surface area (Å²) in [5.74, 6) is 4.95. The van der Waals surface area contributed by atoms with Crippen LogP contribution in [0, 0.1) is 11.8 Å². The van der Waals surface area contributed by atoms with Crippen LogP contribution in [0.15, 0.2) is 29.8 Å². The largest absolute Gasteiger partial charge is 0.462 e. The zero-order valence-corrected chi connectivity index (χ0v) is 16.0. The van der Waals surface area contributed by atoms with Crippen molar-refractivity contribution in [2.24, 2.45) is 0 Å². The van der Waals surface area contributed by atoms with E-state index in [9.17, 15) is 9.59 Å². The molecule has 0 atom stereocenters. The van der Waals surface area contributed by atoms with Gasteiger partial charge in [-0.25, -0.2) is 9.59 Å². The molecule has 0 aromatic heterocycles. The third-order valence-electron chi connectivity index (χ3n) is 3.60. The summed E-state index contributed by atoms with van der Waals surface area (Å²) >= 11 is 0. The summed E-state index contributed by atoms with van der Waals surface area (Å²) in [5.41, 5.74) is 1.52. The van der Waals surface area contributed by atoms with Crippen molar-refractivity contribution in [1.82, 2.24) is 0 Å². The molecule has 0 saturated carbocycles. The molecule has 0 amide bonds. The molecule has 4 nitrogen and oxygen atoms in total. The summed E-state index contributed by atoms with van der Waals surface area (Å²) in [5, 5.41) is 0. The minimum Gasteiger partial charge on any atom is -0.462 e. The van der Waals surface area contributed by atoms with Gasteiger partial charge in [-0.15, -0.1) is 0 Å². The Labute approximate surface area is 156 Å². The van der Waals surface area contributed by atoms with Gasteiger partial charge in [0.2, 0.25) is 0 Å². The van der Waals surface area contributed by atoms with Crippen LogP contribution in [-0.2, 0) is 19.1 Å². The van der Waals surface area contributed by atoms with E-state index in [0.717, 1.165) is 24.0 Å². The number of esters is 2. The normalized spacial score (nSPS) is 9.65. The van der Waals surface area contributed by atoms with E-state index in [-0.39, 0.29) is 18.8 Å². The van der Waals surface area contributed by atoms with Crippen molar-refractivity contribution in [2.45, 2.75) is 52.9 Å². The van der Waals surface area contributed by atoms with E-state index in [4.69, 9.17) is 9.47 Å². The van der Waals surface area contributed by atoms with Crippen molar-refractivity contribution in [2.75, 3.05) is 13.2 Å². The first-order chi connectivity index (χ1) is 12.6. The first kappa shape index (κ1) is 21.5. The predicted molar refractivity (Wildman–Crippen MR) is 103 cm³/mol. The topological polar surface area (TPSA) is 52.6 Å². The van der Waals surface area contributed by atoms with Crippen molar-refractivity contribution in [1.29, 1.82) is 0 Å². The molecule has 0 aliphatic rings. The average molecular weight is 356 g/mol. The van der Waals surface area contributed by atoms with Gasteiger partial charge in [-0.1, -0.05) is 50.2 Å². The molecule has 26 heavy (non-hydrogen) atoms. The van der Waals surface area contributed by atoms with Crippen LogP contribution >= 0.6 is 0 Å². The number of unbranched alkanes of at least 4 members (excludes halogenated alkanes) is 4. The number of carbonyl (C=O) groups is 2. The van der Waals surface area contributed by atoms with E-state index in [1.807, 2.05) is 24.3 Å². The van der Waals surface area contributed by atoms with Crippen molar-refractivity contribution in [3.8, 4) is 11.8 Å². The Balaban J connectivity index is 2.80. The van der Waals surface area contributed by atoms with Gasteiger partial charge in [0.15, 0.2) is 0 Å². The molecule has 1 rings (SSSR count). The molecule has 1 aromatic rings. The Morgan fingerprint density at radius 1 is 0.923 bits per heavy atom. The van der Waals surface area contributed by atoms with E-state index < -0.39 is 11.9 Å². The molecular weight excluding hydrogens is 328 g/mol. The highest BCUT2D eigenvalue weighted by Crippen LogP contribution is 2.12. The van der Waals surface area contributed by atoms with Crippen LogP contribution in [0.4, 0.5) is 0 Å². The Morgan fingerprint density at radius 2 is 1.54 bits per heavy atom. The molecule has 0 heterocycles. The molecule has 0 bridgehead atoms. The van der Waals surface area contributed by atoms with Gasteiger partial charge in [-0.3, -0.25) is 0 Å². The minimum atomic E-state index is -0.679. The van der Waals surface area contributed by atoms with Crippen LogP contribution in [0.2, 0.25) is 0 Å². The van der Waals surface area contributed by atoms with Crippen LogP contribution < -0.4 is 0 Å². The molecular formula is C22H28O4. The Bertz CT molecular complexity index is 640. The molecule has 0 aliphatic carbocycles. The second-order valence-electron chi connectivity index (χ2n) is 5.73. The Hall–Kier alpha value is -2.54. The third-order valence-corrected chi connectivity index (χ3v) is 3.60. The van der Waals surface area contributed by atoms with E-state index in [1.165, 1.54) is 25.3 Å². The van der Waals surface area contributed by atoms with Crippen LogP contribution in [0.5, 0.6) is 0 Å². The fraction of sp³-hybridized carbons (Fsp3) is 0.455. The van der Waals surface area contributed by atoms with E-state index in [1.54, 1.807) is 13.8 Å². The number of benzene rings is 1. The van der Waals surface area contributed by atoms with Gasteiger partial charge in [0.1, 0.15) is 5.57 Å². The van der Waals surface area contributed by atoms with Gasteiger partial charge < -0.3 is 9.47 Å². The van der Waals surface area contributed by atoms with Gasteiger partial charge in [-0.05, 0) is 44.0 Å². The first-order valence-electron chi connectivity index (χ1n) is 9.27. The van der Waals surface area contributed by atoms with Crippen LogP contribution in [0.3, 0.4) is 0 Å². The maximum Gasteiger partial charge on any atom is 0.345 e. The summed E-state index contributed by atoms with van der Waals surface area (Å²) in [4.78, 5) is 23.9. The van der Waals surface area contributed by atoms with Crippen LogP contribution in [0.1, 0.15) is 64.0 Å². The molecule has 0 spiro atoms. The highest BCUT2D eigenvalue weighted by atomic mass is 16.6. The van der Waals surface area contributed by atoms with Crippen molar-refractivity contribution in [3.05, 3.63) is 41.0 Å². The zero-order chi connectivity index (χ0) is 19.2. The number of hydrogen-bond acceptors (Lipinski definition) is 4. The molecule has 1 aromatic carbocycles. The van der Waals surface area contributed by atoms with Gasteiger partial charge in [0.25, 0.3) is 0 Å². The summed E-state index contributed by atoms with van der Waals surface area (Å²) in [6.45, 7) is 5.97. The lowest BCUT2D eigenvalue weighted by molar-refractivity contribution is -0.146. The fourth-order valence-corrected chi connectivity index (χ4v) is 2.25. The highest BCUT2D eigenvalue weighted by molar-refractivity contribution is 6.17. The standard InChI is InChI=1S/C22H28O4/c1-4-7-8-9-10-11-12-18-13-15-19(16-14-18)17-20(21(23)25-5-2)22(24)26-6-3/h13-17H,4-10H2,1-3H3. The smallest absolute Gasteiger partial charge is 0.345 e. The Morgan fingerprint density at radius 3 is 2.08 bits per heavy atom.